The Morgan fingerprint density at radius 2 is 1.86 bits per heavy atom. The Hall–Kier alpha value is -2.86. The van der Waals surface area contributed by atoms with Gasteiger partial charge in [0, 0.05) is 35.8 Å². The van der Waals surface area contributed by atoms with Crippen LogP contribution >= 0.6 is 11.6 Å². The van der Waals surface area contributed by atoms with E-state index in [4.69, 9.17) is 11.6 Å². The van der Waals surface area contributed by atoms with Gasteiger partial charge in [0.2, 0.25) is 5.91 Å². The summed E-state index contributed by atoms with van der Waals surface area (Å²) in [5.74, 6) is -0.526. The van der Waals surface area contributed by atoms with Crippen LogP contribution in [0.15, 0.2) is 42.5 Å². The highest BCUT2D eigenvalue weighted by Gasteiger charge is 2.22. The molecule has 0 atom stereocenters. The second-order valence-electron chi connectivity index (χ2n) is 6.60. The van der Waals surface area contributed by atoms with Crippen LogP contribution in [0.3, 0.4) is 0 Å². The van der Waals surface area contributed by atoms with E-state index in [0.717, 1.165) is 18.5 Å². The molecule has 0 radical (unpaired) electrons. The van der Waals surface area contributed by atoms with E-state index in [1.807, 2.05) is 6.92 Å². The van der Waals surface area contributed by atoms with Crippen LogP contribution in [0.2, 0.25) is 5.02 Å². The first-order valence-electron chi connectivity index (χ1n) is 9.29. The summed E-state index contributed by atoms with van der Waals surface area (Å²) in [5.41, 5.74) is 1.91. The van der Waals surface area contributed by atoms with Crippen LogP contribution in [0.1, 0.15) is 46.9 Å². The van der Waals surface area contributed by atoms with Crippen molar-refractivity contribution in [1.29, 1.82) is 0 Å². The molecule has 0 unspecified atom stereocenters. The number of anilines is 2. The van der Waals surface area contributed by atoms with Gasteiger partial charge >= 0.3 is 0 Å². The van der Waals surface area contributed by atoms with Crippen LogP contribution in [-0.2, 0) is 4.79 Å². The van der Waals surface area contributed by atoms with Gasteiger partial charge in [-0.05, 0) is 55.3 Å². The summed E-state index contributed by atoms with van der Waals surface area (Å²) in [6.07, 6.45) is 2.21. The van der Waals surface area contributed by atoms with Crippen LogP contribution in [0.5, 0.6) is 0 Å². The summed E-state index contributed by atoms with van der Waals surface area (Å²) in [6.45, 7) is 3.21. The number of halogens is 1. The third kappa shape index (κ3) is 4.51. The van der Waals surface area contributed by atoms with Crippen molar-refractivity contribution >= 4 is 40.7 Å². The molecular weight excluding hydrogens is 378 g/mol. The molecule has 6 nitrogen and oxygen atoms in total. The molecule has 0 bridgehead atoms. The zero-order valence-electron chi connectivity index (χ0n) is 15.6. The standard InChI is InChI=1S/C21H22ClN3O3/c1-2-11-23-21(28)17-10-7-15(22)13-18(17)24-20(27)14-5-8-16(9-6-14)25-12-3-4-19(25)26/h5-10,13H,2-4,11-12H2,1H3,(H,23,28)(H,24,27). The Labute approximate surface area is 168 Å². The molecule has 146 valence electrons. The van der Waals surface area contributed by atoms with Gasteiger partial charge in [0.05, 0.1) is 11.3 Å². The number of hydrogen-bond donors (Lipinski definition) is 2. The van der Waals surface area contributed by atoms with Crippen LogP contribution in [-0.4, -0.2) is 30.8 Å². The smallest absolute Gasteiger partial charge is 0.255 e. The van der Waals surface area contributed by atoms with Gasteiger partial charge in [-0.15, -0.1) is 0 Å². The van der Waals surface area contributed by atoms with E-state index in [2.05, 4.69) is 10.6 Å². The van der Waals surface area contributed by atoms with Crippen molar-refractivity contribution in [2.24, 2.45) is 0 Å². The number of amides is 3. The molecule has 1 saturated heterocycles. The second kappa shape index (κ2) is 8.89. The van der Waals surface area contributed by atoms with E-state index in [9.17, 15) is 14.4 Å². The lowest BCUT2D eigenvalue weighted by Gasteiger charge is -2.16. The Morgan fingerprint density at radius 1 is 1.11 bits per heavy atom. The fourth-order valence-electron chi connectivity index (χ4n) is 3.06. The van der Waals surface area contributed by atoms with E-state index in [1.165, 1.54) is 0 Å². The van der Waals surface area contributed by atoms with E-state index in [1.54, 1.807) is 47.4 Å². The normalized spacial score (nSPS) is 13.5. The Balaban J connectivity index is 1.76. The van der Waals surface area contributed by atoms with Gasteiger partial charge in [-0.3, -0.25) is 14.4 Å². The monoisotopic (exact) mass is 399 g/mol. The van der Waals surface area contributed by atoms with E-state index >= 15 is 0 Å². The molecule has 0 saturated carbocycles. The molecule has 0 aliphatic carbocycles. The highest BCUT2D eigenvalue weighted by molar-refractivity contribution is 6.31. The fourth-order valence-corrected chi connectivity index (χ4v) is 3.23. The van der Waals surface area contributed by atoms with Crippen LogP contribution < -0.4 is 15.5 Å². The van der Waals surface area contributed by atoms with Crippen molar-refractivity contribution in [3.63, 3.8) is 0 Å². The highest BCUT2D eigenvalue weighted by Crippen LogP contribution is 2.24. The quantitative estimate of drug-likeness (QED) is 0.774. The van der Waals surface area contributed by atoms with E-state index in [0.29, 0.717) is 41.3 Å². The topological polar surface area (TPSA) is 78.5 Å². The Kier molecular flexibility index (Phi) is 6.31. The largest absolute Gasteiger partial charge is 0.352 e. The predicted molar refractivity (Wildman–Crippen MR) is 110 cm³/mol. The minimum atomic E-state index is -0.355. The third-order valence-electron chi connectivity index (χ3n) is 4.52. The van der Waals surface area contributed by atoms with Crippen molar-refractivity contribution in [3.8, 4) is 0 Å². The molecule has 0 spiro atoms. The molecule has 28 heavy (non-hydrogen) atoms. The Morgan fingerprint density at radius 3 is 2.50 bits per heavy atom. The highest BCUT2D eigenvalue weighted by atomic mass is 35.5. The number of carbonyl (C=O) groups is 3. The molecule has 3 rings (SSSR count). The van der Waals surface area contributed by atoms with E-state index < -0.39 is 0 Å². The first-order chi connectivity index (χ1) is 13.5. The van der Waals surface area contributed by atoms with Crippen molar-refractivity contribution in [2.45, 2.75) is 26.2 Å². The maximum Gasteiger partial charge on any atom is 0.255 e. The van der Waals surface area contributed by atoms with Crippen LogP contribution in [0, 0.1) is 0 Å². The number of carbonyl (C=O) groups excluding carboxylic acids is 3. The maximum absolute atomic E-state index is 12.6. The number of nitrogens with zero attached hydrogens (tertiary/aromatic N) is 1. The van der Waals surface area contributed by atoms with Gasteiger partial charge < -0.3 is 15.5 Å². The van der Waals surface area contributed by atoms with Crippen molar-refractivity contribution in [2.75, 3.05) is 23.3 Å². The lowest BCUT2D eigenvalue weighted by atomic mass is 10.1. The zero-order chi connectivity index (χ0) is 20.1. The summed E-state index contributed by atoms with van der Waals surface area (Å²) in [4.78, 5) is 38.5. The van der Waals surface area contributed by atoms with E-state index in [-0.39, 0.29) is 17.7 Å². The molecule has 1 fully saturated rings. The first-order valence-corrected chi connectivity index (χ1v) is 9.67. The molecular formula is C21H22ClN3O3. The average Bonchev–Trinajstić information content (AvgIpc) is 3.12. The Bertz CT molecular complexity index is 896. The summed E-state index contributed by atoms with van der Waals surface area (Å²) < 4.78 is 0. The number of hydrogen-bond acceptors (Lipinski definition) is 3. The van der Waals surface area contributed by atoms with Crippen molar-refractivity contribution in [1.82, 2.24) is 5.32 Å². The number of nitrogens with one attached hydrogen (secondary N) is 2. The second-order valence-corrected chi connectivity index (χ2v) is 7.03. The summed E-state index contributed by atoms with van der Waals surface area (Å²) in [6, 6.07) is 11.6. The maximum atomic E-state index is 12.6. The number of rotatable bonds is 6. The minimum Gasteiger partial charge on any atom is -0.352 e. The average molecular weight is 400 g/mol. The zero-order valence-corrected chi connectivity index (χ0v) is 16.4. The van der Waals surface area contributed by atoms with Crippen LogP contribution in [0.4, 0.5) is 11.4 Å². The molecule has 2 aromatic rings. The third-order valence-corrected chi connectivity index (χ3v) is 4.76. The summed E-state index contributed by atoms with van der Waals surface area (Å²) >= 11 is 6.04. The molecule has 3 amide bonds. The SMILES string of the molecule is CCCNC(=O)c1ccc(Cl)cc1NC(=O)c1ccc(N2CCCC2=O)cc1. The lowest BCUT2D eigenvalue weighted by molar-refractivity contribution is -0.117. The molecule has 1 aliphatic heterocycles. The lowest BCUT2D eigenvalue weighted by Crippen LogP contribution is -2.26. The van der Waals surface area contributed by atoms with Crippen molar-refractivity contribution in [3.05, 3.63) is 58.6 Å². The number of benzene rings is 2. The molecule has 1 aliphatic rings. The first kappa shape index (κ1) is 19.9. The van der Waals surface area contributed by atoms with Crippen molar-refractivity contribution < 1.29 is 14.4 Å². The molecule has 1 heterocycles. The van der Waals surface area contributed by atoms with Gasteiger partial charge in [-0.1, -0.05) is 18.5 Å². The molecule has 7 heteroatoms. The van der Waals surface area contributed by atoms with Gasteiger partial charge in [-0.2, -0.15) is 0 Å². The van der Waals surface area contributed by atoms with Crippen LogP contribution in [0.25, 0.3) is 0 Å². The molecule has 2 aromatic carbocycles. The molecule has 0 aromatic heterocycles. The van der Waals surface area contributed by atoms with Gasteiger partial charge in [0.15, 0.2) is 0 Å². The summed E-state index contributed by atoms with van der Waals surface area (Å²) in [7, 11) is 0. The fraction of sp³-hybridized carbons (Fsp3) is 0.286. The minimum absolute atomic E-state index is 0.0962. The molecule has 2 N–H and O–H groups in total. The van der Waals surface area contributed by atoms with Gasteiger partial charge in [0.25, 0.3) is 11.8 Å². The van der Waals surface area contributed by atoms with Gasteiger partial charge in [0.1, 0.15) is 0 Å². The van der Waals surface area contributed by atoms with Gasteiger partial charge in [-0.25, -0.2) is 0 Å². The summed E-state index contributed by atoms with van der Waals surface area (Å²) in [5, 5.41) is 5.97. The predicted octanol–water partition coefficient (Wildman–Crippen LogP) is 3.86.